The molecule has 0 aliphatic heterocycles. The first-order valence-electron chi connectivity index (χ1n) is 6.73. The predicted octanol–water partition coefficient (Wildman–Crippen LogP) is 3.53. The second-order valence-corrected chi connectivity index (χ2v) is 6.02. The molecule has 1 aromatic heterocycles. The molecule has 2 aromatic rings. The van der Waals surface area contributed by atoms with Crippen molar-refractivity contribution in [3.63, 3.8) is 0 Å². The van der Waals surface area contributed by atoms with Gasteiger partial charge in [0.25, 0.3) is 0 Å². The third kappa shape index (κ3) is 3.29. The normalized spacial score (nSPS) is 14.2. The Kier molecular flexibility index (Phi) is 4.62. The molecule has 1 heterocycles. The molecule has 2 unspecified atom stereocenters. The van der Waals surface area contributed by atoms with Crippen LogP contribution in [0.3, 0.4) is 0 Å². The lowest BCUT2D eigenvalue weighted by molar-refractivity contribution is 0.427. The van der Waals surface area contributed by atoms with Crippen molar-refractivity contribution in [2.75, 3.05) is 0 Å². The van der Waals surface area contributed by atoms with Crippen molar-refractivity contribution in [2.24, 2.45) is 0 Å². The second-order valence-electron chi connectivity index (χ2n) is 4.87. The summed E-state index contributed by atoms with van der Waals surface area (Å²) in [4.78, 5) is 5.70. The molecule has 0 amide bonds. The monoisotopic (exact) mass is 292 g/mol. The number of phenolic OH excluding ortho intramolecular Hbond substituents is 2. The van der Waals surface area contributed by atoms with E-state index in [1.807, 2.05) is 13.1 Å². The summed E-state index contributed by atoms with van der Waals surface area (Å²) < 4.78 is 0. The Hall–Kier alpha value is -1.59. The van der Waals surface area contributed by atoms with Crippen LogP contribution in [0.25, 0.3) is 0 Å². The zero-order valence-corrected chi connectivity index (χ0v) is 12.7. The number of thiazole rings is 1. The van der Waals surface area contributed by atoms with E-state index in [9.17, 15) is 10.2 Å². The average Bonchev–Trinajstić information content (AvgIpc) is 2.87. The molecule has 0 aliphatic carbocycles. The lowest BCUT2D eigenvalue weighted by Gasteiger charge is -2.19. The van der Waals surface area contributed by atoms with E-state index in [4.69, 9.17) is 0 Å². The molecule has 0 fully saturated rings. The molecule has 1 aromatic carbocycles. The van der Waals surface area contributed by atoms with E-state index in [2.05, 4.69) is 24.1 Å². The largest absolute Gasteiger partial charge is 0.508 e. The summed E-state index contributed by atoms with van der Waals surface area (Å²) in [5.74, 6) is 0.171. The lowest BCUT2D eigenvalue weighted by atomic mass is 10.1. The summed E-state index contributed by atoms with van der Waals surface area (Å²) >= 11 is 1.71. The Balaban J connectivity index is 2.08. The van der Waals surface area contributed by atoms with Gasteiger partial charge in [0.2, 0.25) is 0 Å². The van der Waals surface area contributed by atoms with E-state index in [1.54, 1.807) is 23.5 Å². The first-order chi connectivity index (χ1) is 9.51. The third-order valence-electron chi connectivity index (χ3n) is 3.27. The summed E-state index contributed by atoms with van der Waals surface area (Å²) in [5.41, 5.74) is 0.766. The smallest absolute Gasteiger partial charge is 0.124 e. The third-order valence-corrected chi connectivity index (χ3v) is 4.60. The maximum absolute atomic E-state index is 9.87. The molecule has 0 aliphatic rings. The van der Waals surface area contributed by atoms with E-state index in [0.717, 1.165) is 17.0 Å². The highest BCUT2D eigenvalue weighted by molar-refractivity contribution is 7.11. The van der Waals surface area contributed by atoms with Crippen molar-refractivity contribution in [1.82, 2.24) is 10.3 Å². The molecule has 2 atom stereocenters. The Morgan fingerprint density at radius 3 is 2.60 bits per heavy atom. The predicted molar refractivity (Wildman–Crippen MR) is 81.2 cm³/mol. The molecule has 5 heteroatoms. The number of hydrogen-bond acceptors (Lipinski definition) is 5. The molecule has 0 saturated heterocycles. The van der Waals surface area contributed by atoms with E-state index < -0.39 is 0 Å². The first kappa shape index (κ1) is 14.8. The molecule has 0 spiro atoms. The minimum Gasteiger partial charge on any atom is -0.508 e. The Morgan fingerprint density at radius 2 is 2.00 bits per heavy atom. The van der Waals surface area contributed by atoms with E-state index in [0.29, 0.717) is 0 Å². The molecule has 4 nitrogen and oxygen atoms in total. The Bertz CT molecular complexity index is 583. The van der Waals surface area contributed by atoms with Crippen molar-refractivity contribution < 1.29 is 10.2 Å². The molecular formula is C15H20N2O2S. The van der Waals surface area contributed by atoms with Gasteiger partial charge < -0.3 is 15.5 Å². The van der Waals surface area contributed by atoms with Gasteiger partial charge in [-0.1, -0.05) is 13.0 Å². The topological polar surface area (TPSA) is 65.4 Å². The van der Waals surface area contributed by atoms with Crippen LogP contribution in [0.4, 0.5) is 0 Å². The van der Waals surface area contributed by atoms with Gasteiger partial charge in [-0.15, -0.1) is 11.3 Å². The number of nitrogens with one attached hydrogen (secondary N) is 1. The van der Waals surface area contributed by atoms with Crippen molar-refractivity contribution >= 4 is 11.3 Å². The number of aromatic nitrogens is 1. The van der Waals surface area contributed by atoms with Crippen LogP contribution >= 0.6 is 11.3 Å². The summed E-state index contributed by atoms with van der Waals surface area (Å²) in [6.45, 7) is 6.16. The lowest BCUT2D eigenvalue weighted by Crippen LogP contribution is -2.22. The molecule has 20 heavy (non-hydrogen) atoms. The number of phenols is 2. The van der Waals surface area contributed by atoms with Crippen molar-refractivity contribution in [3.8, 4) is 11.5 Å². The maximum atomic E-state index is 9.87. The van der Waals surface area contributed by atoms with Crippen LogP contribution < -0.4 is 5.32 Å². The zero-order chi connectivity index (χ0) is 14.7. The van der Waals surface area contributed by atoms with Crippen LogP contribution in [0.1, 0.15) is 48.3 Å². The van der Waals surface area contributed by atoms with Gasteiger partial charge in [0.05, 0.1) is 6.04 Å². The Morgan fingerprint density at radius 1 is 1.25 bits per heavy atom. The molecule has 3 N–H and O–H groups in total. The van der Waals surface area contributed by atoms with Crippen LogP contribution in [0.5, 0.6) is 11.5 Å². The highest BCUT2D eigenvalue weighted by Crippen LogP contribution is 2.30. The first-order valence-corrected chi connectivity index (χ1v) is 7.55. The van der Waals surface area contributed by atoms with Gasteiger partial charge in [-0.2, -0.15) is 0 Å². The number of aromatic hydroxyl groups is 2. The van der Waals surface area contributed by atoms with Crippen LogP contribution in [0.2, 0.25) is 0 Å². The Labute approximate surface area is 123 Å². The van der Waals surface area contributed by atoms with Gasteiger partial charge in [0.1, 0.15) is 16.5 Å². The fraction of sp³-hybridized carbons (Fsp3) is 0.400. The minimum absolute atomic E-state index is 0.0282. The van der Waals surface area contributed by atoms with Gasteiger partial charge in [-0.3, -0.25) is 0 Å². The quantitative estimate of drug-likeness (QED) is 0.789. The van der Waals surface area contributed by atoms with Gasteiger partial charge in [-0.25, -0.2) is 4.98 Å². The number of rotatable bonds is 5. The van der Waals surface area contributed by atoms with Crippen molar-refractivity contribution in [2.45, 2.75) is 39.3 Å². The molecule has 0 radical (unpaired) electrons. The van der Waals surface area contributed by atoms with Crippen LogP contribution in [0, 0.1) is 0 Å². The van der Waals surface area contributed by atoms with Crippen LogP contribution in [0.15, 0.2) is 24.4 Å². The SMILES string of the molecule is CCc1cnc(C(C)NC(C)c2ccc(O)cc2O)s1. The molecule has 2 rings (SSSR count). The fourth-order valence-corrected chi connectivity index (χ4v) is 2.99. The van der Waals surface area contributed by atoms with Crippen molar-refractivity contribution in [1.29, 1.82) is 0 Å². The highest BCUT2D eigenvalue weighted by atomic mass is 32.1. The molecular weight excluding hydrogens is 272 g/mol. The zero-order valence-electron chi connectivity index (χ0n) is 11.9. The molecule has 0 bridgehead atoms. The van der Waals surface area contributed by atoms with Crippen LogP contribution in [-0.4, -0.2) is 15.2 Å². The van der Waals surface area contributed by atoms with Crippen LogP contribution in [-0.2, 0) is 6.42 Å². The molecule has 0 saturated carbocycles. The summed E-state index contributed by atoms with van der Waals surface area (Å²) in [6.07, 6.45) is 2.92. The fourth-order valence-electron chi connectivity index (χ4n) is 2.12. The van der Waals surface area contributed by atoms with Gasteiger partial charge in [-0.05, 0) is 26.3 Å². The number of aryl methyl sites for hydroxylation is 1. The van der Waals surface area contributed by atoms with Gasteiger partial charge in [0, 0.05) is 28.7 Å². The number of benzene rings is 1. The highest BCUT2D eigenvalue weighted by Gasteiger charge is 2.16. The standard InChI is InChI=1S/C15H20N2O2S/c1-4-12-8-16-15(20-12)10(3)17-9(2)13-6-5-11(18)7-14(13)19/h5-10,17-19H,4H2,1-3H3. The summed E-state index contributed by atoms with van der Waals surface area (Å²) in [5, 5.41) is 23.7. The summed E-state index contributed by atoms with van der Waals surface area (Å²) in [6, 6.07) is 4.75. The van der Waals surface area contributed by atoms with E-state index in [-0.39, 0.29) is 23.6 Å². The number of nitrogens with zero attached hydrogens (tertiary/aromatic N) is 1. The maximum Gasteiger partial charge on any atom is 0.124 e. The average molecular weight is 292 g/mol. The number of hydrogen-bond donors (Lipinski definition) is 3. The second kappa shape index (κ2) is 6.24. The van der Waals surface area contributed by atoms with E-state index >= 15 is 0 Å². The minimum atomic E-state index is -0.0282. The van der Waals surface area contributed by atoms with E-state index in [1.165, 1.54) is 10.9 Å². The van der Waals surface area contributed by atoms with Gasteiger partial charge in [0.15, 0.2) is 0 Å². The van der Waals surface area contributed by atoms with Gasteiger partial charge >= 0.3 is 0 Å². The summed E-state index contributed by atoms with van der Waals surface area (Å²) in [7, 11) is 0. The molecule has 108 valence electrons. The van der Waals surface area contributed by atoms with Crippen molar-refractivity contribution in [3.05, 3.63) is 39.8 Å².